The zero-order valence-electron chi connectivity index (χ0n) is 23.9. The molecule has 0 N–H and O–H groups in total. The molecule has 4 nitrogen and oxygen atoms in total. The van der Waals surface area contributed by atoms with E-state index in [0.717, 1.165) is 50.3 Å². The topological polar surface area (TPSA) is 43.6 Å². The van der Waals surface area contributed by atoms with Gasteiger partial charge in [-0.05, 0) is 40.0 Å². The summed E-state index contributed by atoms with van der Waals surface area (Å²) >= 11 is 1.80. The molecule has 0 aliphatic rings. The summed E-state index contributed by atoms with van der Waals surface area (Å²) in [7, 11) is 0. The van der Waals surface area contributed by atoms with Crippen molar-refractivity contribution in [1.82, 2.24) is 19.5 Å². The summed E-state index contributed by atoms with van der Waals surface area (Å²) < 4.78 is 4.71. The minimum Gasteiger partial charge on any atom is -0.331 e. The number of para-hydroxylation sites is 1. The number of pyridine rings is 2. The van der Waals surface area contributed by atoms with Gasteiger partial charge in [0, 0.05) is 53.7 Å². The maximum Gasteiger partial charge on any atom is 0.169 e. The van der Waals surface area contributed by atoms with Crippen molar-refractivity contribution in [1.29, 1.82) is 0 Å². The van der Waals surface area contributed by atoms with Crippen molar-refractivity contribution in [2.75, 3.05) is 0 Å². The first kappa shape index (κ1) is 28.8. The van der Waals surface area contributed by atoms with Crippen LogP contribution in [0.1, 0.15) is 0 Å². The summed E-state index contributed by atoms with van der Waals surface area (Å²) in [4.78, 5) is 14.0. The second-order valence-electron chi connectivity index (χ2n) is 10.3. The Morgan fingerprint density at radius 1 is 0.622 bits per heavy atom. The van der Waals surface area contributed by atoms with Crippen molar-refractivity contribution in [3.8, 4) is 28.3 Å². The van der Waals surface area contributed by atoms with E-state index < -0.39 is 0 Å². The van der Waals surface area contributed by atoms with Crippen LogP contribution in [-0.4, -0.2) is 19.5 Å². The van der Waals surface area contributed by atoms with E-state index in [9.17, 15) is 0 Å². The van der Waals surface area contributed by atoms with E-state index in [-0.39, 0.29) is 20.1 Å². The van der Waals surface area contributed by atoms with Gasteiger partial charge in [-0.3, -0.25) is 4.98 Å². The Hall–Kier alpha value is -5.00. The van der Waals surface area contributed by atoms with E-state index in [1.165, 1.54) is 20.2 Å². The molecule has 0 fully saturated rings. The molecule has 0 saturated heterocycles. The molecule has 9 aromatic rings. The third-order valence-electron chi connectivity index (χ3n) is 7.63. The summed E-state index contributed by atoms with van der Waals surface area (Å²) in [6.07, 6.45) is 3.70. The Balaban J connectivity index is 0.000000211. The Morgan fingerprint density at radius 3 is 2.22 bits per heavy atom. The molecule has 1 radical (unpaired) electrons. The minimum atomic E-state index is 0. The number of benzene rings is 5. The third kappa shape index (κ3) is 5.34. The quantitative estimate of drug-likeness (QED) is 0.168. The fourth-order valence-corrected chi connectivity index (χ4v) is 6.82. The van der Waals surface area contributed by atoms with Crippen molar-refractivity contribution in [3.63, 3.8) is 0 Å². The summed E-state index contributed by atoms with van der Waals surface area (Å²) in [5.41, 5.74) is 5.85. The van der Waals surface area contributed by atoms with Crippen LogP contribution >= 0.6 is 11.3 Å². The molecule has 217 valence electrons. The molecule has 0 amide bonds. The van der Waals surface area contributed by atoms with E-state index >= 15 is 0 Å². The predicted molar refractivity (Wildman–Crippen MR) is 182 cm³/mol. The van der Waals surface area contributed by atoms with Gasteiger partial charge >= 0.3 is 0 Å². The molecule has 0 bridgehead atoms. The Labute approximate surface area is 278 Å². The average Bonchev–Trinajstić information content (AvgIpc) is 3.69. The molecule has 0 spiro atoms. The Kier molecular flexibility index (Phi) is 8.02. The average molecular weight is 773 g/mol. The van der Waals surface area contributed by atoms with E-state index in [4.69, 9.17) is 9.97 Å². The normalized spacial score (nSPS) is 10.9. The minimum absolute atomic E-state index is 0. The summed E-state index contributed by atoms with van der Waals surface area (Å²) in [5.74, 6) is 0.868. The van der Waals surface area contributed by atoms with Gasteiger partial charge in [0.1, 0.15) is 0 Å². The van der Waals surface area contributed by atoms with Gasteiger partial charge in [-0.1, -0.05) is 83.7 Å². The van der Waals surface area contributed by atoms with Crippen LogP contribution < -0.4 is 0 Å². The van der Waals surface area contributed by atoms with Gasteiger partial charge in [-0.15, -0.1) is 54.1 Å². The van der Waals surface area contributed by atoms with Crippen LogP contribution in [0.2, 0.25) is 0 Å². The predicted octanol–water partition coefficient (Wildman–Crippen LogP) is 9.96. The smallest absolute Gasteiger partial charge is 0.169 e. The van der Waals surface area contributed by atoms with Crippen LogP contribution in [0.4, 0.5) is 0 Å². The number of aromatic nitrogens is 4. The molecule has 0 aliphatic heterocycles. The van der Waals surface area contributed by atoms with Crippen LogP contribution in [0.5, 0.6) is 0 Å². The molecule has 4 aromatic heterocycles. The molecule has 45 heavy (non-hydrogen) atoms. The summed E-state index contributed by atoms with van der Waals surface area (Å²) in [6.45, 7) is 0. The number of hydrogen-bond donors (Lipinski definition) is 0. The van der Waals surface area contributed by atoms with Crippen LogP contribution in [0.3, 0.4) is 0 Å². The molecule has 0 unspecified atom stereocenters. The van der Waals surface area contributed by atoms with Crippen molar-refractivity contribution < 1.29 is 20.1 Å². The first-order valence-electron chi connectivity index (χ1n) is 14.4. The second-order valence-corrected chi connectivity index (χ2v) is 11.4. The maximum atomic E-state index is 5.06. The van der Waals surface area contributed by atoms with Gasteiger partial charge < -0.3 is 9.55 Å². The van der Waals surface area contributed by atoms with Gasteiger partial charge in [0.25, 0.3) is 0 Å². The number of hydrogen-bond acceptors (Lipinski definition) is 4. The first-order valence-corrected chi connectivity index (χ1v) is 15.2. The van der Waals surface area contributed by atoms with Gasteiger partial charge in [0.2, 0.25) is 0 Å². The fourth-order valence-electron chi connectivity index (χ4n) is 5.62. The third-order valence-corrected chi connectivity index (χ3v) is 8.83. The summed E-state index contributed by atoms with van der Waals surface area (Å²) in [5, 5.41) is 4.76. The summed E-state index contributed by atoms with van der Waals surface area (Å²) in [6, 6.07) is 51.8. The second kappa shape index (κ2) is 12.5. The first-order chi connectivity index (χ1) is 21.8. The number of nitrogens with zero attached hydrogens (tertiary/aromatic N) is 4. The van der Waals surface area contributed by atoms with Crippen molar-refractivity contribution >= 4 is 53.4 Å². The van der Waals surface area contributed by atoms with E-state index in [0.29, 0.717) is 0 Å². The van der Waals surface area contributed by atoms with Crippen molar-refractivity contribution in [2.24, 2.45) is 0 Å². The van der Waals surface area contributed by atoms with Gasteiger partial charge in [0.05, 0.1) is 11.3 Å². The molecule has 4 heterocycles. The molecule has 0 saturated carbocycles. The SMILES string of the molecule is [Ir].[c-]1ccc2c(sc3ccccc32)c1-c1nc2ncc3ccccc3c2n1-c1ccccc1.[c-]1ccccc1-c1ccccn1. The van der Waals surface area contributed by atoms with E-state index in [1.807, 2.05) is 66.9 Å². The van der Waals surface area contributed by atoms with E-state index in [1.54, 1.807) is 17.5 Å². The Bertz CT molecular complexity index is 2350. The monoisotopic (exact) mass is 773 g/mol. The fraction of sp³-hybridized carbons (Fsp3) is 0. The van der Waals surface area contributed by atoms with Gasteiger partial charge in [-0.2, -0.15) is 11.3 Å². The molecule has 0 aliphatic carbocycles. The molecular weight excluding hydrogens is 749 g/mol. The van der Waals surface area contributed by atoms with E-state index in [2.05, 4.69) is 94.5 Å². The number of thiophene rings is 1. The van der Waals surface area contributed by atoms with Crippen molar-refractivity contribution in [3.05, 3.63) is 158 Å². The standard InChI is InChI=1S/C28H16N3S.C11H8N.Ir/c1-2-10-19(11-3-1)31-25-20-12-5-4-9-18(20)17-29-27(25)30-28(31)23-15-8-14-22-21-13-6-7-16-24(21)32-26(22)23;1-2-6-10(7-3-1)11-8-4-5-9-12-11;/h1-14,16-17H;1-6,8-9H;/q2*-1;. The molecule has 0 atom stereocenters. The largest absolute Gasteiger partial charge is 0.331 e. The van der Waals surface area contributed by atoms with Crippen LogP contribution in [0.15, 0.2) is 146 Å². The zero-order chi connectivity index (χ0) is 29.3. The van der Waals surface area contributed by atoms with Crippen LogP contribution in [0, 0.1) is 12.1 Å². The maximum absolute atomic E-state index is 5.06. The molecule has 6 heteroatoms. The Morgan fingerprint density at radius 2 is 1.40 bits per heavy atom. The zero-order valence-corrected chi connectivity index (χ0v) is 27.1. The van der Waals surface area contributed by atoms with Crippen LogP contribution in [0.25, 0.3) is 70.4 Å². The van der Waals surface area contributed by atoms with Gasteiger partial charge in [-0.25, -0.2) is 4.98 Å². The number of rotatable bonds is 3. The number of fused-ring (bicyclic) bond motifs is 6. The van der Waals surface area contributed by atoms with Crippen molar-refractivity contribution in [2.45, 2.75) is 0 Å². The molecular formula is C39H24IrN4S-2. The number of imidazole rings is 1. The molecule has 5 aromatic carbocycles. The molecule has 9 rings (SSSR count). The van der Waals surface area contributed by atoms with Crippen LogP contribution in [-0.2, 0) is 20.1 Å². The van der Waals surface area contributed by atoms with Gasteiger partial charge in [0.15, 0.2) is 5.65 Å².